The lowest BCUT2D eigenvalue weighted by Crippen LogP contribution is -1.48. The summed E-state index contributed by atoms with van der Waals surface area (Å²) in [6.45, 7) is 1.94. The monoisotopic (exact) mass is 78.0 g/mol. The van der Waals surface area contributed by atoms with Crippen LogP contribution in [0.15, 0.2) is 0 Å². The first kappa shape index (κ1) is 4.39. The quantitative estimate of drug-likeness (QED) is 0.455. The molecule has 0 heterocycles. The molecule has 0 aromatic carbocycles. The molecule has 0 radical (unpaired) electrons. The van der Waals surface area contributed by atoms with E-state index in [9.17, 15) is 0 Å². The standard InChI is InChI=1S/C2H7OP/c1-2-4-3/h3-4H,2H2,1H3. The van der Waals surface area contributed by atoms with Crippen LogP contribution < -0.4 is 0 Å². The molecule has 0 aliphatic heterocycles. The van der Waals surface area contributed by atoms with E-state index in [-0.39, 0.29) is 8.81 Å². The van der Waals surface area contributed by atoms with Gasteiger partial charge in [0.05, 0.1) is 0 Å². The number of hydrogen-bond acceptors (Lipinski definition) is 1. The van der Waals surface area contributed by atoms with E-state index in [0.29, 0.717) is 0 Å². The van der Waals surface area contributed by atoms with Gasteiger partial charge in [0.15, 0.2) is 0 Å². The van der Waals surface area contributed by atoms with Crippen molar-refractivity contribution >= 4 is 8.81 Å². The van der Waals surface area contributed by atoms with Gasteiger partial charge < -0.3 is 4.89 Å². The highest BCUT2D eigenvalue weighted by molar-refractivity contribution is 7.30. The molecule has 0 spiro atoms. The first-order valence-electron chi connectivity index (χ1n) is 1.28. The Morgan fingerprint density at radius 1 is 2.00 bits per heavy atom. The van der Waals surface area contributed by atoms with Gasteiger partial charge in [-0.3, -0.25) is 0 Å². The van der Waals surface area contributed by atoms with Gasteiger partial charge >= 0.3 is 0 Å². The number of rotatable bonds is 1. The summed E-state index contributed by atoms with van der Waals surface area (Å²) in [7, 11) is 0.140. The molecule has 1 nitrogen and oxygen atoms in total. The van der Waals surface area contributed by atoms with Gasteiger partial charge in [-0.25, -0.2) is 0 Å². The van der Waals surface area contributed by atoms with Crippen molar-refractivity contribution in [2.75, 3.05) is 6.16 Å². The second-order valence-corrected chi connectivity index (χ2v) is 1.54. The van der Waals surface area contributed by atoms with Crippen LogP contribution in [0.3, 0.4) is 0 Å². The van der Waals surface area contributed by atoms with Crippen LogP contribution in [0.1, 0.15) is 6.92 Å². The van der Waals surface area contributed by atoms with E-state index in [1.807, 2.05) is 6.92 Å². The van der Waals surface area contributed by atoms with Gasteiger partial charge in [0, 0.05) is 8.81 Å². The van der Waals surface area contributed by atoms with Gasteiger partial charge in [0.2, 0.25) is 0 Å². The van der Waals surface area contributed by atoms with Gasteiger partial charge in [-0.05, 0) is 6.16 Å². The van der Waals surface area contributed by atoms with Gasteiger partial charge in [0.25, 0.3) is 0 Å². The largest absolute Gasteiger partial charge is 0.377 e. The molecular weight excluding hydrogens is 71.0 g/mol. The fraction of sp³-hybridized carbons (Fsp3) is 1.00. The van der Waals surface area contributed by atoms with Crippen LogP contribution in [0.2, 0.25) is 0 Å². The lowest BCUT2D eigenvalue weighted by Gasteiger charge is -1.69. The van der Waals surface area contributed by atoms with Crippen molar-refractivity contribution in [1.29, 1.82) is 0 Å². The molecule has 0 fully saturated rings. The molecule has 0 aromatic heterocycles. The zero-order valence-corrected chi connectivity index (χ0v) is 3.65. The summed E-state index contributed by atoms with van der Waals surface area (Å²) in [5.74, 6) is 0. The van der Waals surface area contributed by atoms with E-state index in [0.717, 1.165) is 6.16 Å². The van der Waals surface area contributed by atoms with Crippen molar-refractivity contribution in [3.05, 3.63) is 0 Å². The summed E-state index contributed by atoms with van der Waals surface area (Å²) >= 11 is 0. The van der Waals surface area contributed by atoms with Crippen LogP contribution in [0, 0.1) is 0 Å². The van der Waals surface area contributed by atoms with Crippen molar-refractivity contribution in [2.45, 2.75) is 6.92 Å². The molecule has 1 unspecified atom stereocenters. The lowest BCUT2D eigenvalue weighted by molar-refractivity contribution is 0.646. The highest BCUT2D eigenvalue weighted by atomic mass is 31.1. The Hall–Kier alpha value is 0.390. The molecule has 0 aliphatic carbocycles. The second-order valence-electron chi connectivity index (χ2n) is 0.512. The molecule has 4 heavy (non-hydrogen) atoms. The van der Waals surface area contributed by atoms with Crippen LogP contribution in [0.4, 0.5) is 0 Å². The zero-order valence-electron chi connectivity index (χ0n) is 2.65. The molecule has 0 bridgehead atoms. The molecule has 26 valence electrons. The van der Waals surface area contributed by atoms with E-state index in [1.54, 1.807) is 0 Å². The van der Waals surface area contributed by atoms with Gasteiger partial charge in [0.1, 0.15) is 0 Å². The summed E-state index contributed by atoms with van der Waals surface area (Å²) in [6.07, 6.45) is 0.903. The summed E-state index contributed by atoms with van der Waals surface area (Å²) in [5.41, 5.74) is 0. The average molecular weight is 78.1 g/mol. The molecule has 2 heteroatoms. The molecule has 0 saturated heterocycles. The highest BCUT2D eigenvalue weighted by Gasteiger charge is 1.57. The Balaban J connectivity index is 1.97. The van der Waals surface area contributed by atoms with Crippen LogP contribution in [-0.2, 0) is 0 Å². The average Bonchev–Trinajstić information content (AvgIpc) is 1.37. The molecule has 0 amide bonds. The SMILES string of the molecule is CCPO. The fourth-order valence-corrected chi connectivity index (χ4v) is 0. The van der Waals surface area contributed by atoms with E-state index >= 15 is 0 Å². The predicted octanol–water partition coefficient (Wildman–Crippen LogP) is 0.592. The Kier molecular flexibility index (Phi) is 3.72. The zero-order chi connectivity index (χ0) is 3.41. The van der Waals surface area contributed by atoms with Crippen molar-refractivity contribution in [1.82, 2.24) is 0 Å². The van der Waals surface area contributed by atoms with Crippen LogP contribution in [0.25, 0.3) is 0 Å². The first-order chi connectivity index (χ1) is 1.91. The lowest BCUT2D eigenvalue weighted by atomic mass is 11.0. The van der Waals surface area contributed by atoms with Crippen LogP contribution in [0.5, 0.6) is 0 Å². The predicted molar refractivity (Wildman–Crippen MR) is 21.1 cm³/mol. The Labute approximate surface area is 27.9 Å². The van der Waals surface area contributed by atoms with Crippen LogP contribution >= 0.6 is 8.81 Å². The second kappa shape index (κ2) is 3.39. The van der Waals surface area contributed by atoms with E-state index in [1.165, 1.54) is 0 Å². The van der Waals surface area contributed by atoms with Crippen molar-refractivity contribution in [2.24, 2.45) is 0 Å². The molecule has 0 saturated carbocycles. The summed E-state index contributed by atoms with van der Waals surface area (Å²) in [5, 5.41) is 0. The maximum atomic E-state index is 7.90. The Bertz CT molecular complexity index is 8.00. The summed E-state index contributed by atoms with van der Waals surface area (Å²) in [6, 6.07) is 0. The fourth-order valence-electron chi connectivity index (χ4n) is 0. The highest BCUT2D eigenvalue weighted by Crippen LogP contribution is 1.94. The smallest absolute Gasteiger partial charge is 0.0104 e. The van der Waals surface area contributed by atoms with Crippen LogP contribution in [-0.4, -0.2) is 11.1 Å². The minimum atomic E-state index is 0.140. The van der Waals surface area contributed by atoms with E-state index < -0.39 is 0 Å². The van der Waals surface area contributed by atoms with Crippen molar-refractivity contribution in [3.63, 3.8) is 0 Å². The third-order valence-electron chi connectivity index (χ3n) is 0.158. The van der Waals surface area contributed by atoms with Crippen molar-refractivity contribution < 1.29 is 4.89 Å². The molecule has 0 rings (SSSR count). The Morgan fingerprint density at radius 2 is 2.25 bits per heavy atom. The maximum absolute atomic E-state index is 7.90. The third kappa shape index (κ3) is 2.39. The van der Waals surface area contributed by atoms with E-state index in [2.05, 4.69) is 0 Å². The molecule has 0 aliphatic rings. The van der Waals surface area contributed by atoms with Gasteiger partial charge in [-0.1, -0.05) is 6.92 Å². The topological polar surface area (TPSA) is 20.2 Å². The number of hydrogen-bond donors (Lipinski definition) is 1. The third-order valence-corrected chi connectivity index (χ3v) is 0.474. The van der Waals surface area contributed by atoms with Gasteiger partial charge in [-0.2, -0.15) is 0 Å². The summed E-state index contributed by atoms with van der Waals surface area (Å²) in [4.78, 5) is 7.90. The molecule has 1 N–H and O–H groups in total. The minimum Gasteiger partial charge on any atom is -0.377 e. The minimum absolute atomic E-state index is 0.140. The maximum Gasteiger partial charge on any atom is 0.0104 e. The summed E-state index contributed by atoms with van der Waals surface area (Å²) < 4.78 is 0. The Morgan fingerprint density at radius 3 is 2.25 bits per heavy atom. The normalized spacial score (nSPS) is 10.5. The van der Waals surface area contributed by atoms with Gasteiger partial charge in [-0.15, -0.1) is 0 Å². The van der Waals surface area contributed by atoms with Crippen molar-refractivity contribution in [3.8, 4) is 0 Å². The van der Waals surface area contributed by atoms with E-state index in [4.69, 9.17) is 4.89 Å². The molecule has 0 aromatic rings. The first-order valence-corrected chi connectivity index (χ1v) is 2.44. The molecule has 1 atom stereocenters. The molecular formula is C2H7OP.